The van der Waals surface area contributed by atoms with Crippen LogP contribution in [-0.4, -0.2) is 53.0 Å². The van der Waals surface area contributed by atoms with Crippen molar-refractivity contribution >= 4 is 5.78 Å². The molecule has 6 heteroatoms. The number of hydrogen-bond donors (Lipinski definition) is 2. The van der Waals surface area contributed by atoms with Gasteiger partial charge in [-0.1, -0.05) is 5.57 Å². The van der Waals surface area contributed by atoms with Gasteiger partial charge < -0.3 is 24.4 Å². The van der Waals surface area contributed by atoms with Crippen molar-refractivity contribution in [1.29, 1.82) is 0 Å². The molecule has 22 heavy (non-hydrogen) atoms. The predicted octanol–water partition coefficient (Wildman–Crippen LogP) is 0.512. The molecule has 1 saturated heterocycles. The summed E-state index contributed by atoms with van der Waals surface area (Å²) in [4.78, 5) is 13.0. The van der Waals surface area contributed by atoms with E-state index in [4.69, 9.17) is 14.2 Å². The quantitative estimate of drug-likeness (QED) is 0.734. The number of fused-ring (bicyclic) bond motifs is 3. The molecular formula is C16H22O6. The molecule has 4 aliphatic rings. The van der Waals surface area contributed by atoms with E-state index in [0.717, 1.165) is 18.4 Å². The van der Waals surface area contributed by atoms with Crippen molar-refractivity contribution in [1.82, 2.24) is 0 Å². The molecule has 0 radical (unpaired) electrons. The van der Waals surface area contributed by atoms with Gasteiger partial charge in [-0.05, 0) is 33.6 Å². The number of Topliss-reactive ketones (excluding diaryl/α,β-unsaturated/α-hetero) is 1. The maximum Gasteiger partial charge on any atom is 0.272 e. The highest BCUT2D eigenvalue weighted by atomic mass is 16.9. The largest absolute Gasteiger partial charge is 0.389 e. The van der Waals surface area contributed by atoms with Crippen LogP contribution in [0, 0.1) is 11.3 Å². The summed E-state index contributed by atoms with van der Waals surface area (Å²) < 4.78 is 16.4. The number of aliphatic hydroxyl groups excluding tert-OH is 1. The lowest BCUT2D eigenvalue weighted by atomic mass is 9.64. The van der Waals surface area contributed by atoms with Crippen molar-refractivity contribution in [3.63, 3.8) is 0 Å². The topological polar surface area (TPSA) is 85.2 Å². The zero-order valence-corrected chi connectivity index (χ0v) is 13.3. The van der Waals surface area contributed by atoms with Crippen LogP contribution in [0.1, 0.15) is 33.6 Å². The Morgan fingerprint density at radius 1 is 1.32 bits per heavy atom. The molecule has 1 aliphatic heterocycles. The Bertz CT molecular complexity index is 589. The molecule has 1 heterocycles. The molecule has 1 spiro atoms. The van der Waals surface area contributed by atoms with E-state index in [-0.39, 0.29) is 5.78 Å². The first-order valence-electron chi connectivity index (χ1n) is 7.73. The summed E-state index contributed by atoms with van der Waals surface area (Å²) in [5.41, 5.74) is -1.46. The van der Waals surface area contributed by atoms with Crippen LogP contribution in [0.15, 0.2) is 11.1 Å². The van der Waals surface area contributed by atoms with Gasteiger partial charge in [-0.2, -0.15) is 0 Å². The first-order valence-corrected chi connectivity index (χ1v) is 7.73. The van der Waals surface area contributed by atoms with Gasteiger partial charge in [0, 0.05) is 24.0 Å². The number of carbonyl (C=O) groups excluding carboxylic acids is 1. The SMILES string of the molecule is COC1O[C@@H]2[C@@H]3C(=C(C)C4(CC4)[C@@](C)(O)[C@@H]3O)C(=O)[C@]2(C)O1. The van der Waals surface area contributed by atoms with Crippen molar-refractivity contribution in [2.24, 2.45) is 11.3 Å². The van der Waals surface area contributed by atoms with Crippen LogP contribution < -0.4 is 0 Å². The zero-order chi connectivity index (χ0) is 16.1. The predicted molar refractivity (Wildman–Crippen MR) is 74.7 cm³/mol. The molecule has 0 aromatic rings. The zero-order valence-electron chi connectivity index (χ0n) is 13.3. The lowest BCUT2D eigenvalue weighted by molar-refractivity contribution is -0.242. The van der Waals surface area contributed by atoms with E-state index < -0.39 is 41.2 Å². The normalized spacial score (nSPS) is 52.2. The van der Waals surface area contributed by atoms with Crippen LogP contribution in [0.2, 0.25) is 0 Å². The fourth-order valence-corrected chi connectivity index (χ4v) is 4.85. The lowest BCUT2D eigenvalue weighted by Crippen LogP contribution is -2.57. The summed E-state index contributed by atoms with van der Waals surface area (Å²) in [6, 6.07) is 0. The Morgan fingerprint density at radius 3 is 2.50 bits per heavy atom. The highest BCUT2D eigenvalue weighted by Crippen LogP contribution is 2.67. The van der Waals surface area contributed by atoms with Gasteiger partial charge in [0.15, 0.2) is 11.4 Å². The van der Waals surface area contributed by atoms with Gasteiger partial charge >= 0.3 is 0 Å². The molecule has 1 unspecified atom stereocenters. The maximum absolute atomic E-state index is 13.0. The summed E-state index contributed by atoms with van der Waals surface area (Å²) in [6.07, 6.45) is -0.136. The van der Waals surface area contributed by atoms with Gasteiger partial charge in [0.1, 0.15) is 6.10 Å². The van der Waals surface area contributed by atoms with E-state index in [2.05, 4.69) is 0 Å². The molecular weight excluding hydrogens is 288 g/mol. The van der Waals surface area contributed by atoms with E-state index in [0.29, 0.717) is 5.57 Å². The fraction of sp³-hybridized carbons (Fsp3) is 0.812. The first-order chi connectivity index (χ1) is 10.2. The van der Waals surface area contributed by atoms with Crippen molar-refractivity contribution < 1.29 is 29.2 Å². The molecule has 0 aromatic heterocycles. The molecule has 6 atom stereocenters. The smallest absolute Gasteiger partial charge is 0.272 e. The molecule has 0 bridgehead atoms. The number of hydrogen-bond acceptors (Lipinski definition) is 6. The van der Waals surface area contributed by atoms with Crippen molar-refractivity contribution in [3.05, 3.63) is 11.1 Å². The molecule has 0 amide bonds. The Morgan fingerprint density at radius 2 is 1.95 bits per heavy atom. The molecule has 6 nitrogen and oxygen atoms in total. The molecule has 0 aromatic carbocycles. The van der Waals surface area contributed by atoms with E-state index in [1.54, 1.807) is 13.8 Å². The molecule has 3 aliphatic carbocycles. The summed E-state index contributed by atoms with van der Waals surface area (Å²) in [5.74, 6) is -0.737. The Kier molecular flexibility index (Phi) is 2.68. The number of ether oxygens (including phenoxy) is 3. The van der Waals surface area contributed by atoms with Gasteiger partial charge in [-0.25, -0.2) is 0 Å². The van der Waals surface area contributed by atoms with E-state index in [1.807, 2.05) is 6.92 Å². The Balaban J connectivity index is 1.87. The third-order valence-corrected chi connectivity index (χ3v) is 6.45. The highest BCUT2D eigenvalue weighted by molar-refractivity contribution is 6.07. The van der Waals surface area contributed by atoms with Crippen molar-refractivity contribution in [2.75, 3.05) is 7.11 Å². The minimum absolute atomic E-state index is 0.152. The summed E-state index contributed by atoms with van der Waals surface area (Å²) in [5, 5.41) is 21.8. The molecule has 2 N–H and O–H groups in total. The van der Waals surface area contributed by atoms with Crippen molar-refractivity contribution in [2.45, 2.75) is 63.5 Å². The monoisotopic (exact) mass is 310 g/mol. The second kappa shape index (κ2) is 3.99. The van der Waals surface area contributed by atoms with Gasteiger partial charge in [0.05, 0.1) is 11.7 Å². The maximum atomic E-state index is 13.0. The lowest BCUT2D eigenvalue weighted by Gasteiger charge is -2.46. The van der Waals surface area contributed by atoms with Gasteiger partial charge in [0.25, 0.3) is 6.48 Å². The third kappa shape index (κ3) is 1.37. The third-order valence-electron chi connectivity index (χ3n) is 6.45. The second-order valence-electron chi connectivity index (χ2n) is 7.37. The summed E-state index contributed by atoms with van der Waals surface area (Å²) in [7, 11) is 1.44. The number of rotatable bonds is 1. The second-order valence-corrected chi connectivity index (χ2v) is 7.37. The number of methoxy groups -OCH3 is 1. The molecule has 2 saturated carbocycles. The first kappa shape index (κ1) is 14.8. The van der Waals surface area contributed by atoms with Crippen LogP contribution in [0.3, 0.4) is 0 Å². The van der Waals surface area contributed by atoms with Crippen LogP contribution >= 0.6 is 0 Å². The van der Waals surface area contributed by atoms with Crippen LogP contribution in [-0.2, 0) is 19.0 Å². The molecule has 122 valence electrons. The fourth-order valence-electron chi connectivity index (χ4n) is 4.85. The summed E-state index contributed by atoms with van der Waals surface area (Å²) >= 11 is 0. The van der Waals surface area contributed by atoms with Gasteiger partial charge in [0.2, 0.25) is 0 Å². The van der Waals surface area contributed by atoms with Gasteiger partial charge in [-0.15, -0.1) is 0 Å². The number of ketones is 1. The number of carbonyl (C=O) groups is 1. The molecule has 4 rings (SSSR count). The van der Waals surface area contributed by atoms with E-state index in [9.17, 15) is 15.0 Å². The standard InChI is InChI=1S/C16H22O6/c1-7-8-9(11(18)15(3,19)16(7)5-6-16)12-14(2,10(8)17)22-13(20-4)21-12/h9,11-13,18-19H,5-6H2,1-4H3/t9-,11-,12-,13?,14+,15+/m1/s1. The highest BCUT2D eigenvalue weighted by Gasteiger charge is 2.73. The minimum atomic E-state index is -1.27. The van der Waals surface area contributed by atoms with Crippen LogP contribution in [0.25, 0.3) is 0 Å². The Labute approximate surface area is 129 Å². The van der Waals surface area contributed by atoms with E-state index >= 15 is 0 Å². The van der Waals surface area contributed by atoms with Crippen LogP contribution in [0.4, 0.5) is 0 Å². The Hall–Kier alpha value is -0.790. The van der Waals surface area contributed by atoms with Crippen molar-refractivity contribution in [3.8, 4) is 0 Å². The number of aliphatic hydroxyl groups is 2. The van der Waals surface area contributed by atoms with E-state index in [1.165, 1.54) is 7.11 Å². The van der Waals surface area contributed by atoms with Gasteiger partial charge in [-0.3, -0.25) is 4.79 Å². The van der Waals surface area contributed by atoms with Crippen LogP contribution in [0.5, 0.6) is 0 Å². The average Bonchev–Trinajstić information content (AvgIpc) is 3.17. The molecule has 3 fully saturated rings. The minimum Gasteiger partial charge on any atom is -0.389 e. The average molecular weight is 310 g/mol. The summed E-state index contributed by atoms with van der Waals surface area (Å²) in [6.45, 7) is 4.31.